The number of hydrogen-bond acceptors (Lipinski definition) is 7. The van der Waals surface area contributed by atoms with Crippen molar-refractivity contribution in [3.8, 4) is 0 Å². The van der Waals surface area contributed by atoms with Crippen LogP contribution >= 0.6 is 0 Å². The SMILES string of the molecule is CN/C=C(\C=N)c1ccc2nnn(Cc3ccc4ncnn4c3)c2n1. The molecule has 0 amide bonds. The third kappa shape index (κ3) is 2.71. The minimum atomic E-state index is 0.512. The Kier molecular flexibility index (Phi) is 3.65. The van der Waals surface area contributed by atoms with E-state index in [-0.39, 0.29) is 0 Å². The molecular formula is C16H15N9. The van der Waals surface area contributed by atoms with Crippen LogP contribution < -0.4 is 5.32 Å². The molecule has 9 nitrogen and oxygen atoms in total. The maximum atomic E-state index is 7.54. The van der Waals surface area contributed by atoms with Gasteiger partial charge in [-0.25, -0.2) is 19.2 Å². The molecular weight excluding hydrogens is 318 g/mol. The van der Waals surface area contributed by atoms with E-state index in [2.05, 4.69) is 30.7 Å². The molecule has 0 saturated carbocycles. The molecule has 4 rings (SSSR count). The number of aromatic nitrogens is 7. The van der Waals surface area contributed by atoms with Crippen molar-refractivity contribution in [2.45, 2.75) is 6.54 Å². The van der Waals surface area contributed by atoms with Crippen LogP contribution in [-0.4, -0.2) is 47.8 Å². The summed E-state index contributed by atoms with van der Waals surface area (Å²) in [6, 6.07) is 7.57. The van der Waals surface area contributed by atoms with E-state index < -0.39 is 0 Å². The van der Waals surface area contributed by atoms with E-state index in [1.54, 1.807) is 22.4 Å². The van der Waals surface area contributed by atoms with Crippen LogP contribution in [0.25, 0.3) is 22.4 Å². The lowest BCUT2D eigenvalue weighted by atomic mass is 10.2. The van der Waals surface area contributed by atoms with Gasteiger partial charge in [0.05, 0.1) is 12.2 Å². The maximum absolute atomic E-state index is 7.54. The number of nitrogens with zero attached hydrogens (tertiary/aromatic N) is 7. The average Bonchev–Trinajstić information content (AvgIpc) is 3.26. The first-order chi connectivity index (χ1) is 12.3. The molecule has 0 spiro atoms. The van der Waals surface area contributed by atoms with Crippen LogP contribution in [0.5, 0.6) is 0 Å². The van der Waals surface area contributed by atoms with Crippen molar-refractivity contribution >= 4 is 28.6 Å². The summed E-state index contributed by atoms with van der Waals surface area (Å²) in [7, 11) is 1.79. The smallest absolute Gasteiger partial charge is 0.179 e. The Hall–Kier alpha value is -3.62. The second-order valence-corrected chi connectivity index (χ2v) is 5.42. The zero-order valence-corrected chi connectivity index (χ0v) is 13.5. The summed E-state index contributed by atoms with van der Waals surface area (Å²) in [5.41, 5.74) is 4.54. The van der Waals surface area contributed by atoms with Gasteiger partial charge in [-0.15, -0.1) is 5.10 Å². The van der Waals surface area contributed by atoms with Gasteiger partial charge in [-0.3, -0.25) is 0 Å². The third-order valence-corrected chi connectivity index (χ3v) is 3.78. The summed E-state index contributed by atoms with van der Waals surface area (Å²) in [5, 5.41) is 23.0. The highest BCUT2D eigenvalue weighted by Gasteiger charge is 2.10. The first-order valence-corrected chi connectivity index (χ1v) is 7.65. The largest absolute Gasteiger partial charge is 0.393 e. The predicted molar refractivity (Wildman–Crippen MR) is 93.2 cm³/mol. The van der Waals surface area contributed by atoms with Crippen molar-refractivity contribution in [3.05, 3.63) is 54.2 Å². The van der Waals surface area contributed by atoms with E-state index in [1.165, 1.54) is 12.5 Å². The van der Waals surface area contributed by atoms with Crippen molar-refractivity contribution in [2.75, 3.05) is 7.05 Å². The van der Waals surface area contributed by atoms with Gasteiger partial charge in [0.2, 0.25) is 0 Å². The molecule has 0 aliphatic carbocycles. The van der Waals surface area contributed by atoms with Gasteiger partial charge >= 0.3 is 0 Å². The third-order valence-electron chi connectivity index (χ3n) is 3.78. The van der Waals surface area contributed by atoms with Gasteiger partial charge in [0.25, 0.3) is 0 Å². The number of hydrogen-bond donors (Lipinski definition) is 2. The lowest BCUT2D eigenvalue weighted by molar-refractivity contribution is 0.660. The summed E-state index contributed by atoms with van der Waals surface area (Å²) in [6.45, 7) is 0.512. The molecule has 0 unspecified atom stereocenters. The molecule has 4 heterocycles. The van der Waals surface area contributed by atoms with Gasteiger partial charge in [-0.05, 0) is 23.8 Å². The van der Waals surface area contributed by atoms with E-state index in [4.69, 9.17) is 5.41 Å². The highest BCUT2D eigenvalue weighted by atomic mass is 15.4. The number of fused-ring (bicyclic) bond motifs is 2. The fourth-order valence-electron chi connectivity index (χ4n) is 2.59. The molecule has 0 bridgehead atoms. The van der Waals surface area contributed by atoms with E-state index in [1.807, 2.05) is 30.5 Å². The summed E-state index contributed by atoms with van der Waals surface area (Å²) in [4.78, 5) is 8.75. The van der Waals surface area contributed by atoms with Gasteiger partial charge in [0, 0.05) is 31.2 Å². The van der Waals surface area contributed by atoms with Crippen LogP contribution in [0, 0.1) is 5.41 Å². The molecule has 9 heteroatoms. The second kappa shape index (κ2) is 6.11. The fourth-order valence-corrected chi connectivity index (χ4v) is 2.59. The van der Waals surface area contributed by atoms with E-state index in [0.717, 1.165) is 11.2 Å². The Morgan fingerprint density at radius 3 is 3.04 bits per heavy atom. The van der Waals surface area contributed by atoms with Crippen LogP contribution in [0.4, 0.5) is 0 Å². The Labute approximate surface area is 142 Å². The fraction of sp³-hybridized carbons (Fsp3) is 0.125. The zero-order chi connectivity index (χ0) is 17.2. The van der Waals surface area contributed by atoms with Crippen molar-refractivity contribution in [1.82, 2.24) is 39.9 Å². The highest BCUT2D eigenvalue weighted by Crippen LogP contribution is 2.16. The van der Waals surface area contributed by atoms with Crippen molar-refractivity contribution in [1.29, 1.82) is 5.41 Å². The van der Waals surface area contributed by atoms with Gasteiger partial charge in [-0.1, -0.05) is 11.3 Å². The monoisotopic (exact) mass is 333 g/mol. The number of nitrogens with one attached hydrogen (secondary N) is 2. The Morgan fingerprint density at radius 2 is 2.20 bits per heavy atom. The molecule has 0 saturated heterocycles. The minimum absolute atomic E-state index is 0.512. The van der Waals surface area contributed by atoms with Gasteiger partial charge < -0.3 is 10.7 Å². The van der Waals surface area contributed by atoms with Gasteiger partial charge in [0.15, 0.2) is 11.3 Å². The Balaban J connectivity index is 1.73. The molecule has 0 aromatic carbocycles. The lowest BCUT2D eigenvalue weighted by Gasteiger charge is -2.05. The molecule has 2 N–H and O–H groups in total. The normalized spacial score (nSPS) is 12.0. The quantitative estimate of drug-likeness (QED) is 0.530. The standard InChI is InChI=1S/C16H15N9/c1-18-7-12(6-17)13-3-4-14-16(21-13)25(23-22-14)9-11-2-5-15-19-10-20-24(15)8-11/h2-8,10,17-18H,9H2,1H3/b12-7+,17-6?. The molecule has 0 aliphatic rings. The maximum Gasteiger partial charge on any atom is 0.179 e. The Morgan fingerprint density at radius 1 is 1.28 bits per heavy atom. The van der Waals surface area contributed by atoms with E-state index >= 15 is 0 Å². The summed E-state index contributed by atoms with van der Waals surface area (Å²) >= 11 is 0. The van der Waals surface area contributed by atoms with E-state index in [0.29, 0.717) is 29.0 Å². The van der Waals surface area contributed by atoms with Crippen LogP contribution in [0.2, 0.25) is 0 Å². The van der Waals surface area contributed by atoms with Crippen molar-refractivity contribution < 1.29 is 0 Å². The van der Waals surface area contributed by atoms with Crippen LogP contribution in [0.1, 0.15) is 11.3 Å². The van der Waals surface area contributed by atoms with Crippen LogP contribution in [0.15, 0.2) is 43.0 Å². The lowest BCUT2D eigenvalue weighted by Crippen LogP contribution is -2.05. The van der Waals surface area contributed by atoms with E-state index in [9.17, 15) is 0 Å². The molecule has 25 heavy (non-hydrogen) atoms. The van der Waals surface area contributed by atoms with Crippen LogP contribution in [-0.2, 0) is 6.54 Å². The molecule has 124 valence electrons. The molecule has 4 aromatic heterocycles. The Bertz CT molecular complexity index is 1090. The summed E-state index contributed by atoms with van der Waals surface area (Å²) < 4.78 is 3.45. The van der Waals surface area contributed by atoms with Gasteiger partial charge in [0.1, 0.15) is 11.8 Å². The number of allylic oxidation sites excluding steroid dienone is 1. The van der Waals surface area contributed by atoms with Crippen LogP contribution in [0.3, 0.4) is 0 Å². The number of rotatable bonds is 5. The predicted octanol–water partition coefficient (Wildman–Crippen LogP) is 1.13. The molecule has 4 aromatic rings. The molecule has 0 atom stereocenters. The van der Waals surface area contributed by atoms with Gasteiger partial charge in [-0.2, -0.15) is 5.10 Å². The summed E-state index contributed by atoms with van der Waals surface area (Å²) in [6.07, 6.45) is 6.42. The molecule has 0 radical (unpaired) electrons. The first-order valence-electron chi connectivity index (χ1n) is 7.65. The first kappa shape index (κ1) is 14.9. The molecule has 0 fully saturated rings. The summed E-state index contributed by atoms with van der Waals surface area (Å²) in [5.74, 6) is 0. The highest BCUT2D eigenvalue weighted by molar-refractivity contribution is 6.07. The molecule has 0 aliphatic heterocycles. The average molecular weight is 333 g/mol. The van der Waals surface area contributed by atoms with Crippen molar-refractivity contribution in [2.24, 2.45) is 0 Å². The van der Waals surface area contributed by atoms with Crippen molar-refractivity contribution in [3.63, 3.8) is 0 Å². The minimum Gasteiger partial charge on any atom is -0.393 e. The second-order valence-electron chi connectivity index (χ2n) is 5.42. The zero-order valence-electron chi connectivity index (χ0n) is 13.5. The topological polar surface area (TPSA) is 110 Å². The number of pyridine rings is 2.